The van der Waals surface area contributed by atoms with Crippen LogP contribution in [-0.2, 0) is 0 Å². The van der Waals surface area contributed by atoms with Crippen LogP contribution in [0.1, 0.15) is 23.2 Å². The number of hydrogen-bond donors (Lipinski definition) is 2. The van der Waals surface area contributed by atoms with Gasteiger partial charge in [0.2, 0.25) is 0 Å². The van der Waals surface area contributed by atoms with E-state index < -0.39 is 5.82 Å². The van der Waals surface area contributed by atoms with Crippen molar-refractivity contribution >= 4 is 29.9 Å². The SMILES string of the molecule is Cl.O=C(N[C@@H]1CCCNC1)c1ccc(Cl)c(F)c1. The Morgan fingerprint density at radius 3 is 2.89 bits per heavy atom. The van der Waals surface area contributed by atoms with Gasteiger partial charge in [0, 0.05) is 18.2 Å². The van der Waals surface area contributed by atoms with Gasteiger partial charge in [0.1, 0.15) is 5.82 Å². The Labute approximate surface area is 116 Å². The molecule has 1 atom stereocenters. The Balaban J connectivity index is 0.00000162. The third-order valence-corrected chi connectivity index (χ3v) is 3.12. The zero-order chi connectivity index (χ0) is 12.3. The Morgan fingerprint density at radius 2 is 2.28 bits per heavy atom. The maximum absolute atomic E-state index is 13.2. The maximum atomic E-state index is 13.2. The molecule has 6 heteroatoms. The highest BCUT2D eigenvalue weighted by molar-refractivity contribution is 6.30. The van der Waals surface area contributed by atoms with Gasteiger partial charge in [-0.15, -0.1) is 12.4 Å². The first-order valence-corrected chi connectivity index (χ1v) is 6.01. The van der Waals surface area contributed by atoms with E-state index in [-0.39, 0.29) is 29.4 Å². The summed E-state index contributed by atoms with van der Waals surface area (Å²) in [4.78, 5) is 11.8. The highest BCUT2D eigenvalue weighted by Gasteiger charge is 2.16. The third kappa shape index (κ3) is 3.83. The molecule has 0 bridgehead atoms. The molecule has 18 heavy (non-hydrogen) atoms. The fourth-order valence-corrected chi connectivity index (χ4v) is 2.00. The molecule has 3 nitrogen and oxygen atoms in total. The van der Waals surface area contributed by atoms with Crippen molar-refractivity contribution in [3.8, 4) is 0 Å². The molecular formula is C12H15Cl2FN2O. The van der Waals surface area contributed by atoms with Crippen LogP contribution in [0.2, 0.25) is 5.02 Å². The summed E-state index contributed by atoms with van der Waals surface area (Å²) in [5.41, 5.74) is 0.303. The molecule has 1 amide bonds. The van der Waals surface area contributed by atoms with Crippen LogP contribution < -0.4 is 10.6 Å². The van der Waals surface area contributed by atoms with Crippen molar-refractivity contribution in [1.82, 2.24) is 10.6 Å². The molecule has 1 aliphatic rings. The number of halogens is 3. The molecule has 100 valence electrons. The quantitative estimate of drug-likeness (QED) is 0.879. The van der Waals surface area contributed by atoms with Gasteiger partial charge in [-0.3, -0.25) is 4.79 Å². The second-order valence-electron chi connectivity index (χ2n) is 4.15. The lowest BCUT2D eigenvalue weighted by atomic mass is 10.1. The summed E-state index contributed by atoms with van der Waals surface area (Å²) in [5, 5.41) is 6.10. The molecule has 0 aliphatic carbocycles. The predicted molar refractivity (Wildman–Crippen MR) is 72.0 cm³/mol. The van der Waals surface area contributed by atoms with E-state index in [0.29, 0.717) is 5.56 Å². The summed E-state index contributed by atoms with van der Waals surface area (Å²) < 4.78 is 13.2. The first kappa shape index (κ1) is 15.2. The van der Waals surface area contributed by atoms with E-state index in [1.54, 1.807) is 0 Å². The molecule has 1 fully saturated rings. The van der Waals surface area contributed by atoms with E-state index in [2.05, 4.69) is 10.6 Å². The zero-order valence-corrected chi connectivity index (χ0v) is 11.3. The monoisotopic (exact) mass is 292 g/mol. The number of carbonyl (C=O) groups excluding carboxylic acids is 1. The van der Waals surface area contributed by atoms with Crippen LogP contribution in [-0.4, -0.2) is 25.0 Å². The van der Waals surface area contributed by atoms with Crippen molar-refractivity contribution in [2.24, 2.45) is 0 Å². The molecule has 0 spiro atoms. The minimum Gasteiger partial charge on any atom is -0.348 e. The summed E-state index contributed by atoms with van der Waals surface area (Å²) in [6, 6.07) is 4.20. The summed E-state index contributed by atoms with van der Waals surface area (Å²) >= 11 is 5.56. The largest absolute Gasteiger partial charge is 0.348 e. The minimum atomic E-state index is -0.568. The molecule has 0 unspecified atom stereocenters. The Morgan fingerprint density at radius 1 is 1.50 bits per heavy atom. The molecule has 1 saturated heterocycles. The molecule has 1 aromatic rings. The number of benzene rings is 1. The van der Waals surface area contributed by atoms with Crippen molar-refractivity contribution < 1.29 is 9.18 Å². The Hall–Kier alpha value is -0.840. The van der Waals surface area contributed by atoms with Crippen LogP contribution in [0.5, 0.6) is 0 Å². The lowest BCUT2D eigenvalue weighted by Crippen LogP contribution is -2.45. The number of carbonyl (C=O) groups is 1. The van der Waals surface area contributed by atoms with Crippen molar-refractivity contribution in [1.29, 1.82) is 0 Å². The Bertz CT molecular complexity index is 423. The summed E-state index contributed by atoms with van der Waals surface area (Å²) in [7, 11) is 0. The number of piperidine rings is 1. The van der Waals surface area contributed by atoms with Gasteiger partial charge < -0.3 is 10.6 Å². The smallest absolute Gasteiger partial charge is 0.251 e. The molecule has 1 heterocycles. The van der Waals surface area contributed by atoms with Crippen molar-refractivity contribution in [3.63, 3.8) is 0 Å². The topological polar surface area (TPSA) is 41.1 Å². The molecular weight excluding hydrogens is 278 g/mol. The van der Waals surface area contributed by atoms with E-state index in [1.165, 1.54) is 12.1 Å². The van der Waals surface area contributed by atoms with Crippen molar-refractivity contribution in [3.05, 3.63) is 34.6 Å². The fourth-order valence-electron chi connectivity index (χ4n) is 1.88. The van der Waals surface area contributed by atoms with Crippen LogP contribution in [0.15, 0.2) is 18.2 Å². The molecule has 0 saturated carbocycles. The van der Waals surface area contributed by atoms with Crippen LogP contribution in [0.4, 0.5) is 4.39 Å². The van der Waals surface area contributed by atoms with E-state index in [1.807, 2.05) is 0 Å². The highest BCUT2D eigenvalue weighted by atomic mass is 35.5. The van der Waals surface area contributed by atoms with Gasteiger partial charge in [-0.25, -0.2) is 4.39 Å². The van der Waals surface area contributed by atoms with Gasteiger partial charge in [0.25, 0.3) is 5.91 Å². The third-order valence-electron chi connectivity index (χ3n) is 2.81. The second-order valence-corrected chi connectivity index (χ2v) is 4.55. The minimum absolute atomic E-state index is 0. The standard InChI is InChI=1S/C12H14ClFN2O.ClH/c13-10-4-3-8(6-11(10)14)12(17)16-9-2-1-5-15-7-9;/h3-4,6,9,15H,1-2,5,7H2,(H,16,17);1H/t9-;/m1./s1. The van der Waals surface area contributed by atoms with Gasteiger partial charge in [0.05, 0.1) is 5.02 Å². The lowest BCUT2D eigenvalue weighted by molar-refractivity contribution is 0.0930. The van der Waals surface area contributed by atoms with Gasteiger partial charge in [-0.2, -0.15) is 0 Å². The number of nitrogens with one attached hydrogen (secondary N) is 2. The normalized spacial score (nSPS) is 18.9. The van der Waals surface area contributed by atoms with Crippen LogP contribution in [0, 0.1) is 5.82 Å². The van der Waals surface area contributed by atoms with Gasteiger partial charge in [-0.1, -0.05) is 11.6 Å². The molecule has 0 aromatic heterocycles. The molecule has 2 N–H and O–H groups in total. The van der Waals surface area contributed by atoms with Gasteiger partial charge in [-0.05, 0) is 37.6 Å². The van der Waals surface area contributed by atoms with E-state index in [0.717, 1.165) is 32.0 Å². The Kier molecular flexibility index (Phi) is 5.85. The molecule has 1 aliphatic heterocycles. The number of rotatable bonds is 2. The number of amides is 1. The van der Waals surface area contributed by atoms with Gasteiger partial charge >= 0.3 is 0 Å². The summed E-state index contributed by atoms with van der Waals surface area (Å²) in [6.45, 7) is 1.75. The average Bonchev–Trinajstić information content (AvgIpc) is 2.34. The van der Waals surface area contributed by atoms with Crippen LogP contribution >= 0.6 is 24.0 Å². The van der Waals surface area contributed by atoms with Crippen molar-refractivity contribution in [2.75, 3.05) is 13.1 Å². The van der Waals surface area contributed by atoms with Crippen LogP contribution in [0.3, 0.4) is 0 Å². The maximum Gasteiger partial charge on any atom is 0.251 e. The van der Waals surface area contributed by atoms with E-state index in [4.69, 9.17) is 11.6 Å². The zero-order valence-electron chi connectivity index (χ0n) is 9.71. The number of hydrogen-bond acceptors (Lipinski definition) is 2. The van der Waals surface area contributed by atoms with Crippen molar-refractivity contribution in [2.45, 2.75) is 18.9 Å². The predicted octanol–water partition coefficient (Wildman–Crippen LogP) is 2.38. The molecule has 2 rings (SSSR count). The first-order valence-electron chi connectivity index (χ1n) is 5.63. The first-order chi connectivity index (χ1) is 8.16. The van der Waals surface area contributed by atoms with Gasteiger partial charge in [0.15, 0.2) is 0 Å². The summed E-state index contributed by atoms with van der Waals surface area (Å²) in [6.07, 6.45) is 1.99. The molecule has 0 radical (unpaired) electrons. The average molecular weight is 293 g/mol. The fraction of sp³-hybridized carbons (Fsp3) is 0.417. The summed E-state index contributed by atoms with van der Waals surface area (Å²) in [5.74, 6) is -0.824. The molecule has 1 aromatic carbocycles. The lowest BCUT2D eigenvalue weighted by Gasteiger charge is -2.23. The second kappa shape index (κ2) is 6.92. The van der Waals surface area contributed by atoms with Crippen LogP contribution in [0.25, 0.3) is 0 Å². The highest BCUT2D eigenvalue weighted by Crippen LogP contribution is 2.15. The van der Waals surface area contributed by atoms with E-state index >= 15 is 0 Å². The van der Waals surface area contributed by atoms with E-state index in [9.17, 15) is 9.18 Å².